The van der Waals surface area contributed by atoms with Gasteiger partial charge in [0.05, 0.1) is 11.4 Å². The molecule has 0 atom stereocenters. The van der Waals surface area contributed by atoms with Gasteiger partial charge in [0, 0.05) is 23.6 Å². The van der Waals surface area contributed by atoms with Gasteiger partial charge in [0.15, 0.2) is 11.2 Å². The summed E-state index contributed by atoms with van der Waals surface area (Å²) >= 11 is 6.14. The molecule has 1 N–H and O–H groups in total. The van der Waals surface area contributed by atoms with E-state index in [2.05, 4.69) is 13.8 Å². The summed E-state index contributed by atoms with van der Waals surface area (Å²) in [4.78, 5) is 44.2. The van der Waals surface area contributed by atoms with Gasteiger partial charge in [-0.05, 0) is 54.3 Å². The molecule has 5 aromatic rings. The summed E-state index contributed by atoms with van der Waals surface area (Å²) < 4.78 is 4.22. The number of rotatable bonds is 8. The van der Waals surface area contributed by atoms with Gasteiger partial charge >= 0.3 is 11.7 Å². The highest BCUT2D eigenvalue weighted by molar-refractivity contribution is 6.30. The van der Waals surface area contributed by atoms with Crippen LogP contribution in [0, 0.1) is 0 Å². The fourth-order valence-electron chi connectivity index (χ4n) is 4.65. The van der Waals surface area contributed by atoms with Gasteiger partial charge in [-0.3, -0.25) is 18.7 Å². The number of aromatic nitrogens is 4. The average molecular weight is 543 g/mol. The van der Waals surface area contributed by atoms with Gasteiger partial charge in [0.25, 0.3) is 5.56 Å². The zero-order chi connectivity index (χ0) is 27.7. The molecule has 8 nitrogen and oxygen atoms in total. The van der Waals surface area contributed by atoms with E-state index in [0.29, 0.717) is 33.7 Å². The van der Waals surface area contributed by atoms with E-state index < -0.39 is 17.2 Å². The van der Waals surface area contributed by atoms with Gasteiger partial charge in [-0.1, -0.05) is 67.9 Å². The van der Waals surface area contributed by atoms with E-state index in [1.54, 1.807) is 48.5 Å². The molecule has 5 rings (SSSR count). The topological polar surface area (TPSA) is 99.1 Å². The third-order valence-electron chi connectivity index (χ3n) is 6.65. The van der Waals surface area contributed by atoms with E-state index in [1.807, 2.05) is 30.3 Å². The fraction of sp³-hybridized carbons (Fsp3) is 0.200. The number of imidazole rings is 1. The van der Waals surface area contributed by atoms with Crippen molar-refractivity contribution in [1.82, 2.24) is 18.7 Å². The predicted octanol–water partition coefficient (Wildman–Crippen LogP) is 5.65. The maximum atomic E-state index is 14.3. The number of carboxylic acids is 1. The molecule has 0 bridgehead atoms. The summed E-state index contributed by atoms with van der Waals surface area (Å²) in [6, 6.07) is 23.7. The Hall–Kier alpha value is -4.43. The van der Waals surface area contributed by atoms with Crippen LogP contribution < -0.4 is 11.2 Å². The molecule has 0 saturated carbocycles. The van der Waals surface area contributed by atoms with E-state index in [4.69, 9.17) is 21.7 Å². The van der Waals surface area contributed by atoms with Gasteiger partial charge in [-0.15, -0.1) is 0 Å². The number of halogens is 1. The molecule has 0 unspecified atom stereocenters. The van der Waals surface area contributed by atoms with Crippen molar-refractivity contribution in [2.75, 3.05) is 0 Å². The predicted molar refractivity (Wildman–Crippen MR) is 152 cm³/mol. The zero-order valence-corrected chi connectivity index (χ0v) is 22.3. The summed E-state index contributed by atoms with van der Waals surface area (Å²) in [7, 11) is 0. The molecular weight excluding hydrogens is 516 g/mol. The van der Waals surface area contributed by atoms with Gasteiger partial charge in [0.1, 0.15) is 5.82 Å². The SMILES string of the molecule is CC(C)c1ccc(-c2nc3c(c(=O)n2-c2ccc(Cl)cc2)n(CCCC(=O)O)c(=O)n3-c2ccccc2)cc1. The van der Waals surface area contributed by atoms with E-state index in [-0.39, 0.29) is 30.6 Å². The van der Waals surface area contributed by atoms with Crippen molar-refractivity contribution in [3.63, 3.8) is 0 Å². The standard InChI is InChI=1S/C30H27ClN4O4/c1-19(2)20-10-12-21(13-11-20)27-32-28-26(29(38)34(27)24-16-14-22(31)15-17-24)33(18-6-9-25(36)37)30(39)35(28)23-7-4-3-5-8-23/h3-5,7-8,10-17,19H,6,9,18H2,1-2H3,(H,36,37). The van der Waals surface area contributed by atoms with Gasteiger partial charge in [0.2, 0.25) is 0 Å². The van der Waals surface area contributed by atoms with Crippen molar-refractivity contribution in [2.24, 2.45) is 0 Å². The van der Waals surface area contributed by atoms with Crippen molar-refractivity contribution in [1.29, 1.82) is 0 Å². The number of hydrogen-bond donors (Lipinski definition) is 1. The molecule has 0 fully saturated rings. The molecule has 198 valence electrons. The molecule has 0 radical (unpaired) electrons. The minimum Gasteiger partial charge on any atom is -0.481 e. The third kappa shape index (κ3) is 5.03. The minimum absolute atomic E-state index is 0.0570. The number of benzene rings is 3. The molecule has 0 aliphatic heterocycles. The lowest BCUT2D eigenvalue weighted by Gasteiger charge is -2.15. The fourth-order valence-corrected chi connectivity index (χ4v) is 4.77. The van der Waals surface area contributed by atoms with E-state index >= 15 is 0 Å². The number of aliphatic carboxylic acids is 1. The summed E-state index contributed by atoms with van der Waals surface area (Å²) in [5.41, 5.74) is 2.37. The number of nitrogens with zero attached hydrogens (tertiary/aromatic N) is 4. The maximum absolute atomic E-state index is 14.3. The Bertz CT molecular complexity index is 1770. The Labute approximate surface area is 229 Å². The van der Waals surface area contributed by atoms with Crippen molar-refractivity contribution < 1.29 is 9.90 Å². The molecule has 9 heteroatoms. The lowest BCUT2D eigenvalue weighted by molar-refractivity contribution is -0.137. The van der Waals surface area contributed by atoms with Crippen LogP contribution >= 0.6 is 11.6 Å². The number of hydrogen-bond acceptors (Lipinski definition) is 4. The largest absolute Gasteiger partial charge is 0.481 e. The van der Waals surface area contributed by atoms with E-state index in [0.717, 1.165) is 5.56 Å². The molecule has 0 aliphatic rings. The monoisotopic (exact) mass is 542 g/mol. The number of carboxylic acid groups (broad SMARTS) is 1. The molecule has 39 heavy (non-hydrogen) atoms. The Balaban J connectivity index is 1.86. The quantitative estimate of drug-likeness (QED) is 0.273. The lowest BCUT2D eigenvalue weighted by Crippen LogP contribution is -2.27. The first kappa shape index (κ1) is 26.2. The Morgan fingerprint density at radius 3 is 2.15 bits per heavy atom. The highest BCUT2D eigenvalue weighted by atomic mass is 35.5. The average Bonchev–Trinajstić information content (AvgIpc) is 3.21. The molecule has 0 amide bonds. The van der Waals surface area contributed by atoms with Crippen LogP contribution in [0.25, 0.3) is 33.9 Å². The molecule has 2 aromatic heterocycles. The molecule has 2 heterocycles. The summed E-state index contributed by atoms with van der Waals surface area (Å²) in [5.74, 6) is -0.271. The van der Waals surface area contributed by atoms with Gasteiger partial charge in [-0.25, -0.2) is 14.3 Å². The number of aryl methyl sites for hydroxylation is 1. The van der Waals surface area contributed by atoms with Crippen LogP contribution in [0.4, 0.5) is 0 Å². The number of para-hydroxylation sites is 1. The highest BCUT2D eigenvalue weighted by Gasteiger charge is 2.24. The first-order chi connectivity index (χ1) is 18.8. The smallest absolute Gasteiger partial charge is 0.335 e. The highest BCUT2D eigenvalue weighted by Crippen LogP contribution is 2.26. The summed E-state index contributed by atoms with van der Waals surface area (Å²) in [5, 5.41) is 9.68. The first-order valence-corrected chi connectivity index (χ1v) is 13.1. The van der Waals surface area contributed by atoms with Gasteiger partial charge < -0.3 is 5.11 Å². The van der Waals surface area contributed by atoms with Crippen LogP contribution in [0.2, 0.25) is 5.02 Å². The number of carbonyl (C=O) groups is 1. The van der Waals surface area contributed by atoms with Crippen molar-refractivity contribution in [3.05, 3.63) is 110 Å². The molecule has 0 saturated heterocycles. The second-order valence-electron chi connectivity index (χ2n) is 9.60. The van der Waals surface area contributed by atoms with Crippen LogP contribution in [-0.2, 0) is 11.3 Å². The van der Waals surface area contributed by atoms with Gasteiger partial charge in [-0.2, -0.15) is 0 Å². The Morgan fingerprint density at radius 1 is 0.897 bits per heavy atom. The van der Waals surface area contributed by atoms with Crippen LogP contribution in [0.1, 0.15) is 38.2 Å². The van der Waals surface area contributed by atoms with E-state index in [9.17, 15) is 14.4 Å². The Morgan fingerprint density at radius 2 is 1.54 bits per heavy atom. The molecular formula is C30H27ClN4O4. The Kier molecular flexibility index (Phi) is 7.21. The van der Waals surface area contributed by atoms with E-state index in [1.165, 1.54) is 13.7 Å². The zero-order valence-electron chi connectivity index (χ0n) is 21.5. The molecule has 0 aliphatic carbocycles. The van der Waals surface area contributed by atoms with Crippen molar-refractivity contribution in [2.45, 2.75) is 39.2 Å². The van der Waals surface area contributed by atoms with Crippen LogP contribution in [0.5, 0.6) is 0 Å². The van der Waals surface area contributed by atoms with Crippen molar-refractivity contribution in [3.8, 4) is 22.8 Å². The minimum atomic E-state index is -0.973. The van der Waals surface area contributed by atoms with Crippen LogP contribution in [0.15, 0.2) is 88.5 Å². The van der Waals surface area contributed by atoms with Crippen LogP contribution in [0.3, 0.4) is 0 Å². The lowest BCUT2D eigenvalue weighted by atomic mass is 10.0. The maximum Gasteiger partial charge on any atom is 0.335 e. The third-order valence-corrected chi connectivity index (χ3v) is 6.90. The molecule has 0 spiro atoms. The normalized spacial score (nSPS) is 11.4. The summed E-state index contributed by atoms with van der Waals surface area (Å²) in [6.07, 6.45) is 0.0471. The van der Waals surface area contributed by atoms with Crippen LogP contribution in [-0.4, -0.2) is 29.8 Å². The van der Waals surface area contributed by atoms with Crippen molar-refractivity contribution >= 4 is 28.7 Å². The second-order valence-corrected chi connectivity index (χ2v) is 10.0. The molecule has 3 aromatic carbocycles. The summed E-state index contributed by atoms with van der Waals surface area (Å²) in [6.45, 7) is 4.27. The first-order valence-electron chi connectivity index (χ1n) is 12.7. The number of fused-ring (bicyclic) bond motifs is 1. The second kappa shape index (κ2) is 10.7.